The zero-order chi connectivity index (χ0) is 20.4. The van der Waals surface area contributed by atoms with E-state index in [1.165, 1.54) is 6.07 Å². The van der Waals surface area contributed by atoms with Gasteiger partial charge >= 0.3 is 0 Å². The second-order valence-corrected chi connectivity index (χ2v) is 6.08. The van der Waals surface area contributed by atoms with Crippen LogP contribution in [0.3, 0.4) is 0 Å². The summed E-state index contributed by atoms with van der Waals surface area (Å²) in [6, 6.07) is 12.4. The van der Waals surface area contributed by atoms with Crippen LogP contribution < -0.4 is 24.8 Å². The second-order valence-electron chi connectivity index (χ2n) is 6.08. The summed E-state index contributed by atoms with van der Waals surface area (Å²) >= 11 is 0. The predicted octanol–water partition coefficient (Wildman–Crippen LogP) is 3.98. The second kappa shape index (κ2) is 13.1. The van der Waals surface area contributed by atoms with E-state index in [0.29, 0.717) is 37.2 Å². The molecule has 2 aromatic rings. The van der Waals surface area contributed by atoms with Crippen molar-refractivity contribution in [3.8, 4) is 17.2 Å². The zero-order valence-corrected chi connectivity index (χ0v) is 19.5. The SMILES string of the molecule is CCOc1ccc(CNC(=NC)NCC(C)Oc2ccccc2OC)cc1F.I. The number of benzene rings is 2. The summed E-state index contributed by atoms with van der Waals surface area (Å²) in [5.41, 5.74) is 0.794. The Bertz CT molecular complexity index is 790. The summed E-state index contributed by atoms with van der Waals surface area (Å²) in [5.74, 6) is 1.87. The lowest BCUT2D eigenvalue weighted by Gasteiger charge is -2.19. The lowest BCUT2D eigenvalue weighted by atomic mass is 10.2. The maximum atomic E-state index is 13.9. The molecule has 160 valence electrons. The van der Waals surface area contributed by atoms with E-state index in [1.807, 2.05) is 44.2 Å². The van der Waals surface area contributed by atoms with Crippen molar-refractivity contribution in [2.24, 2.45) is 4.99 Å². The average Bonchev–Trinajstić information content (AvgIpc) is 2.70. The number of ether oxygens (including phenoxy) is 3. The highest BCUT2D eigenvalue weighted by Crippen LogP contribution is 2.26. The van der Waals surface area contributed by atoms with E-state index in [-0.39, 0.29) is 41.6 Å². The van der Waals surface area contributed by atoms with Gasteiger partial charge in [-0.25, -0.2) is 4.39 Å². The number of hydrogen-bond acceptors (Lipinski definition) is 4. The van der Waals surface area contributed by atoms with E-state index in [4.69, 9.17) is 14.2 Å². The first-order valence-electron chi connectivity index (χ1n) is 9.22. The third kappa shape index (κ3) is 7.96. The van der Waals surface area contributed by atoms with Crippen molar-refractivity contribution < 1.29 is 18.6 Å². The fourth-order valence-electron chi connectivity index (χ4n) is 2.55. The number of nitrogens with one attached hydrogen (secondary N) is 2. The average molecular weight is 517 g/mol. The summed E-state index contributed by atoms with van der Waals surface area (Å²) in [5, 5.41) is 6.36. The minimum Gasteiger partial charge on any atom is -0.493 e. The van der Waals surface area contributed by atoms with Crippen molar-refractivity contribution >= 4 is 29.9 Å². The minimum atomic E-state index is -0.372. The van der Waals surface area contributed by atoms with Gasteiger partial charge in [0.15, 0.2) is 29.0 Å². The Hall–Kier alpha value is -2.23. The number of rotatable bonds is 9. The molecule has 6 nitrogen and oxygen atoms in total. The van der Waals surface area contributed by atoms with Gasteiger partial charge in [0.25, 0.3) is 0 Å². The Labute approximate surface area is 188 Å². The molecule has 2 rings (SSSR count). The zero-order valence-electron chi connectivity index (χ0n) is 17.2. The first-order chi connectivity index (χ1) is 13.6. The molecule has 0 spiro atoms. The lowest BCUT2D eigenvalue weighted by molar-refractivity contribution is 0.213. The molecule has 8 heteroatoms. The van der Waals surface area contributed by atoms with Gasteiger partial charge in [-0.15, -0.1) is 24.0 Å². The summed E-state index contributed by atoms with van der Waals surface area (Å²) in [6.45, 7) is 5.18. The van der Waals surface area contributed by atoms with Crippen molar-refractivity contribution in [3.63, 3.8) is 0 Å². The third-order valence-electron chi connectivity index (χ3n) is 3.93. The standard InChI is InChI=1S/C21H28FN3O3.HI/c1-5-27-18-11-10-16(12-17(18)22)14-25-21(23-3)24-13-15(2)28-20-9-7-6-8-19(20)26-4;/h6-12,15H,5,13-14H2,1-4H3,(H2,23,24,25);1H. The Kier molecular flexibility index (Phi) is 11.2. The molecule has 1 unspecified atom stereocenters. The van der Waals surface area contributed by atoms with E-state index in [0.717, 1.165) is 5.56 Å². The fourth-order valence-corrected chi connectivity index (χ4v) is 2.55. The number of halogens is 2. The minimum absolute atomic E-state index is 0. The van der Waals surface area contributed by atoms with Crippen molar-refractivity contribution in [2.45, 2.75) is 26.5 Å². The van der Waals surface area contributed by atoms with Crippen molar-refractivity contribution in [3.05, 3.63) is 53.8 Å². The van der Waals surface area contributed by atoms with Crippen LogP contribution in [0.1, 0.15) is 19.4 Å². The van der Waals surface area contributed by atoms with E-state index in [9.17, 15) is 4.39 Å². The first-order valence-corrected chi connectivity index (χ1v) is 9.22. The molecule has 0 bridgehead atoms. The van der Waals surface area contributed by atoms with Crippen LogP contribution in [0.25, 0.3) is 0 Å². The molecule has 29 heavy (non-hydrogen) atoms. The van der Waals surface area contributed by atoms with E-state index >= 15 is 0 Å². The number of guanidine groups is 1. The molecule has 0 aromatic heterocycles. The molecule has 1 atom stereocenters. The first kappa shape index (κ1) is 24.8. The van der Waals surface area contributed by atoms with Crippen molar-refractivity contribution in [1.29, 1.82) is 0 Å². The molecule has 0 aliphatic rings. The molecule has 0 fully saturated rings. The third-order valence-corrected chi connectivity index (χ3v) is 3.93. The van der Waals surface area contributed by atoms with Crippen LogP contribution in [0.2, 0.25) is 0 Å². The van der Waals surface area contributed by atoms with Crippen molar-refractivity contribution in [1.82, 2.24) is 10.6 Å². The highest BCUT2D eigenvalue weighted by molar-refractivity contribution is 14.0. The normalized spacial score (nSPS) is 11.8. The van der Waals surface area contributed by atoms with Crippen LogP contribution in [-0.2, 0) is 6.54 Å². The molecule has 0 radical (unpaired) electrons. The number of aliphatic imine (C=N–C) groups is 1. The maximum Gasteiger partial charge on any atom is 0.191 e. The van der Waals surface area contributed by atoms with Gasteiger partial charge in [-0.1, -0.05) is 18.2 Å². The molecule has 0 aliphatic heterocycles. The van der Waals surface area contributed by atoms with Gasteiger partial charge in [0.2, 0.25) is 0 Å². The molecular weight excluding hydrogens is 488 g/mol. The monoisotopic (exact) mass is 517 g/mol. The molecule has 2 aromatic carbocycles. The number of nitrogens with zero attached hydrogens (tertiary/aromatic N) is 1. The summed E-state index contributed by atoms with van der Waals surface area (Å²) in [4.78, 5) is 4.18. The summed E-state index contributed by atoms with van der Waals surface area (Å²) < 4.78 is 30.4. The van der Waals surface area contributed by atoms with Crippen LogP contribution in [0.4, 0.5) is 4.39 Å². The van der Waals surface area contributed by atoms with Gasteiger partial charge in [-0.3, -0.25) is 4.99 Å². The van der Waals surface area contributed by atoms with E-state index in [2.05, 4.69) is 15.6 Å². The van der Waals surface area contributed by atoms with Crippen LogP contribution >= 0.6 is 24.0 Å². The largest absolute Gasteiger partial charge is 0.493 e. The topological polar surface area (TPSA) is 64.1 Å². The Morgan fingerprint density at radius 3 is 2.45 bits per heavy atom. The highest BCUT2D eigenvalue weighted by Gasteiger charge is 2.10. The molecule has 0 saturated heterocycles. The number of hydrogen-bond donors (Lipinski definition) is 2. The summed E-state index contributed by atoms with van der Waals surface area (Å²) in [6.07, 6.45) is -0.113. The van der Waals surface area contributed by atoms with Gasteiger partial charge in [-0.05, 0) is 43.7 Å². The number of para-hydroxylation sites is 2. The quantitative estimate of drug-likeness (QED) is 0.300. The molecule has 2 N–H and O–H groups in total. The van der Waals surface area contributed by atoms with Crippen LogP contribution in [0, 0.1) is 5.82 Å². The van der Waals surface area contributed by atoms with Gasteiger partial charge in [0.05, 0.1) is 20.3 Å². The van der Waals surface area contributed by atoms with Gasteiger partial charge in [-0.2, -0.15) is 0 Å². The summed E-state index contributed by atoms with van der Waals surface area (Å²) in [7, 11) is 3.29. The lowest BCUT2D eigenvalue weighted by Crippen LogP contribution is -2.41. The molecule has 0 saturated carbocycles. The Morgan fingerprint density at radius 1 is 1.10 bits per heavy atom. The van der Waals surface area contributed by atoms with Crippen LogP contribution in [0.15, 0.2) is 47.5 Å². The van der Waals surface area contributed by atoms with Gasteiger partial charge in [0, 0.05) is 13.6 Å². The maximum absolute atomic E-state index is 13.9. The molecule has 0 heterocycles. The van der Waals surface area contributed by atoms with Gasteiger partial charge in [0.1, 0.15) is 6.10 Å². The van der Waals surface area contributed by atoms with Crippen molar-refractivity contribution in [2.75, 3.05) is 27.3 Å². The predicted molar refractivity (Wildman–Crippen MR) is 124 cm³/mol. The molecule has 0 aliphatic carbocycles. The smallest absolute Gasteiger partial charge is 0.191 e. The Balaban J connectivity index is 0.00000420. The Morgan fingerprint density at radius 2 is 1.83 bits per heavy atom. The fraction of sp³-hybridized carbons (Fsp3) is 0.381. The van der Waals surface area contributed by atoms with Crippen LogP contribution in [0.5, 0.6) is 17.2 Å². The van der Waals surface area contributed by atoms with Crippen LogP contribution in [-0.4, -0.2) is 39.4 Å². The van der Waals surface area contributed by atoms with E-state index in [1.54, 1.807) is 20.2 Å². The van der Waals surface area contributed by atoms with Gasteiger partial charge < -0.3 is 24.8 Å². The molecule has 0 amide bonds. The highest BCUT2D eigenvalue weighted by atomic mass is 127. The number of methoxy groups -OCH3 is 1. The van der Waals surface area contributed by atoms with E-state index < -0.39 is 0 Å². The molecular formula is C21H29FIN3O3.